The molecule has 1 aromatic heterocycles. The topological polar surface area (TPSA) is 52.0 Å². The summed E-state index contributed by atoms with van der Waals surface area (Å²) in [4.78, 5) is -0.0770. The third-order valence-electron chi connectivity index (χ3n) is 2.39. The summed E-state index contributed by atoms with van der Waals surface area (Å²) in [5.74, 6) is 0. The summed E-state index contributed by atoms with van der Waals surface area (Å²) in [7, 11) is -3.55. The minimum Gasteiger partial charge on any atom is -0.239 e. The Bertz CT molecular complexity index is 705. The largest absolute Gasteiger partial charge is 0.435 e. The van der Waals surface area contributed by atoms with Crippen molar-refractivity contribution in [1.29, 1.82) is 0 Å². The second-order valence-corrected chi connectivity index (χ2v) is 5.87. The third kappa shape index (κ3) is 2.78. The Morgan fingerprint density at radius 2 is 1.79 bits per heavy atom. The Hall–Kier alpha value is -1.83. The SMILES string of the molecule is CS(=O)(=O)c1ccccc1-n1ccc(C(F)(F)F)n1. The van der Waals surface area contributed by atoms with Crippen LogP contribution in [0.3, 0.4) is 0 Å². The van der Waals surface area contributed by atoms with Gasteiger partial charge in [-0.05, 0) is 18.2 Å². The van der Waals surface area contributed by atoms with E-state index in [2.05, 4.69) is 5.10 Å². The summed E-state index contributed by atoms with van der Waals surface area (Å²) in [6.07, 6.45) is -2.50. The van der Waals surface area contributed by atoms with Gasteiger partial charge in [0.2, 0.25) is 0 Å². The monoisotopic (exact) mass is 290 g/mol. The van der Waals surface area contributed by atoms with Crippen LogP contribution in [0.25, 0.3) is 5.69 Å². The van der Waals surface area contributed by atoms with Crippen LogP contribution in [-0.4, -0.2) is 24.5 Å². The lowest BCUT2D eigenvalue weighted by molar-refractivity contribution is -0.141. The highest BCUT2D eigenvalue weighted by atomic mass is 32.2. The van der Waals surface area contributed by atoms with E-state index < -0.39 is 21.7 Å². The molecule has 0 amide bonds. The van der Waals surface area contributed by atoms with Gasteiger partial charge in [-0.2, -0.15) is 18.3 Å². The second kappa shape index (κ2) is 4.37. The summed E-state index contributed by atoms with van der Waals surface area (Å²) in [5.41, 5.74) is -0.990. The maximum Gasteiger partial charge on any atom is 0.435 e. The Kier molecular flexibility index (Phi) is 3.13. The number of hydrogen-bond acceptors (Lipinski definition) is 3. The van der Waals surface area contributed by atoms with Gasteiger partial charge in [0, 0.05) is 12.5 Å². The van der Waals surface area contributed by atoms with Crippen molar-refractivity contribution in [2.45, 2.75) is 11.1 Å². The number of hydrogen-bond donors (Lipinski definition) is 0. The van der Waals surface area contributed by atoms with E-state index >= 15 is 0 Å². The fraction of sp³-hybridized carbons (Fsp3) is 0.182. The van der Waals surface area contributed by atoms with Crippen molar-refractivity contribution in [2.24, 2.45) is 0 Å². The quantitative estimate of drug-likeness (QED) is 0.852. The van der Waals surface area contributed by atoms with Crippen molar-refractivity contribution in [3.8, 4) is 5.69 Å². The lowest BCUT2D eigenvalue weighted by Crippen LogP contribution is -2.09. The van der Waals surface area contributed by atoms with Crippen molar-refractivity contribution in [3.63, 3.8) is 0 Å². The molecule has 0 bridgehead atoms. The van der Waals surface area contributed by atoms with Gasteiger partial charge in [-0.15, -0.1) is 0 Å². The van der Waals surface area contributed by atoms with Gasteiger partial charge < -0.3 is 0 Å². The molecule has 0 aliphatic carbocycles. The number of alkyl halides is 3. The molecule has 8 heteroatoms. The Morgan fingerprint density at radius 3 is 2.32 bits per heavy atom. The molecule has 4 nitrogen and oxygen atoms in total. The van der Waals surface area contributed by atoms with Crippen LogP contribution in [0, 0.1) is 0 Å². The molecule has 0 N–H and O–H groups in total. The standard InChI is InChI=1S/C11H9F3N2O2S/c1-19(17,18)9-5-3-2-4-8(9)16-7-6-10(15-16)11(12,13)14/h2-7H,1H3. The van der Waals surface area contributed by atoms with E-state index in [1.54, 1.807) is 0 Å². The van der Waals surface area contributed by atoms with Gasteiger partial charge in [0.1, 0.15) is 0 Å². The van der Waals surface area contributed by atoms with Gasteiger partial charge in [-0.25, -0.2) is 13.1 Å². The summed E-state index contributed by atoms with van der Waals surface area (Å²) < 4.78 is 61.4. The summed E-state index contributed by atoms with van der Waals surface area (Å²) in [5, 5.41) is 3.35. The molecule has 19 heavy (non-hydrogen) atoms. The molecular weight excluding hydrogens is 281 g/mol. The highest BCUT2D eigenvalue weighted by molar-refractivity contribution is 7.90. The zero-order chi connectivity index (χ0) is 14.3. The van der Waals surface area contributed by atoms with Gasteiger partial charge in [-0.1, -0.05) is 12.1 Å². The average Bonchev–Trinajstić information content (AvgIpc) is 2.76. The number of para-hydroxylation sites is 1. The fourth-order valence-electron chi connectivity index (χ4n) is 1.57. The highest BCUT2D eigenvalue weighted by Gasteiger charge is 2.33. The van der Waals surface area contributed by atoms with E-state index in [-0.39, 0.29) is 10.6 Å². The van der Waals surface area contributed by atoms with Crippen LogP contribution in [0.15, 0.2) is 41.4 Å². The van der Waals surface area contributed by atoms with Gasteiger partial charge in [-0.3, -0.25) is 0 Å². The van der Waals surface area contributed by atoms with Gasteiger partial charge in [0.25, 0.3) is 0 Å². The molecule has 0 fully saturated rings. The molecule has 1 heterocycles. The van der Waals surface area contributed by atoms with E-state index in [1.165, 1.54) is 24.3 Å². The molecule has 0 saturated heterocycles. The molecule has 1 aromatic carbocycles. The van der Waals surface area contributed by atoms with Crippen molar-refractivity contribution in [2.75, 3.05) is 6.26 Å². The first kappa shape index (κ1) is 13.6. The number of aromatic nitrogens is 2. The summed E-state index contributed by atoms with van der Waals surface area (Å²) in [6.45, 7) is 0. The lowest BCUT2D eigenvalue weighted by Gasteiger charge is -2.07. The molecule has 0 aliphatic rings. The van der Waals surface area contributed by atoms with E-state index in [4.69, 9.17) is 0 Å². The molecule has 0 radical (unpaired) electrons. The predicted octanol–water partition coefficient (Wildman–Crippen LogP) is 2.29. The summed E-state index contributed by atoms with van der Waals surface area (Å²) >= 11 is 0. The first-order valence-electron chi connectivity index (χ1n) is 5.12. The molecule has 0 aliphatic heterocycles. The number of halogens is 3. The summed E-state index contributed by atoms with van der Waals surface area (Å²) in [6, 6.07) is 6.52. The van der Waals surface area contributed by atoms with Crippen LogP contribution < -0.4 is 0 Å². The van der Waals surface area contributed by atoms with Crippen LogP contribution in [0.1, 0.15) is 5.69 Å². The Labute approximate surface area is 107 Å². The smallest absolute Gasteiger partial charge is 0.239 e. The molecular formula is C11H9F3N2O2S. The zero-order valence-corrected chi connectivity index (χ0v) is 10.5. The minimum absolute atomic E-state index is 0.0770. The van der Waals surface area contributed by atoms with Gasteiger partial charge in [0.15, 0.2) is 15.5 Å². The average molecular weight is 290 g/mol. The van der Waals surface area contributed by atoms with Crippen molar-refractivity contribution in [3.05, 3.63) is 42.2 Å². The maximum atomic E-state index is 12.5. The first-order chi connectivity index (χ1) is 8.69. The fourth-order valence-corrected chi connectivity index (χ4v) is 2.44. The van der Waals surface area contributed by atoms with Crippen LogP contribution in [-0.2, 0) is 16.0 Å². The van der Waals surface area contributed by atoms with Crippen LogP contribution in [0.2, 0.25) is 0 Å². The van der Waals surface area contributed by atoms with Gasteiger partial charge >= 0.3 is 6.18 Å². The number of sulfone groups is 1. The van der Waals surface area contributed by atoms with Crippen LogP contribution in [0.5, 0.6) is 0 Å². The normalized spacial score (nSPS) is 12.6. The molecule has 0 atom stereocenters. The molecule has 2 aromatic rings. The van der Waals surface area contributed by atoms with Crippen molar-refractivity contribution >= 4 is 9.84 Å². The first-order valence-corrected chi connectivity index (χ1v) is 7.01. The van der Waals surface area contributed by atoms with Crippen LogP contribution in [0.4, 0.5) is 13.2 Å². The van der Waals surface area contributed by atoms with E-state index in [0.29, 0.717) is 0 Å². The highest BCUT2D eigenvalue weighted by Crippen LogP contribution is 2.28. The van der Waals surface area contributed by atoms with Crippen LogP contribution >= 0.6 is 0 Å². The number of benzene rings is 1. The predicted molar refractivity (Wildman–Crippen MR) is 61.7 cm³/mol. The third-order valence-corrected chi connectivity index (χ3v) is 3.54. The number of nitrogens with zero attached hydrogens (tertiary/aromatic N) is 2. The minimum atomic E-state index is -4.56. The second-order valence-electron chi connectivity index (χ2n) is 3.88. The van der Waals surface area contributed by atoms with Crippen molar-refractivity contribution < 1.29 is 21.6 Å². The maximum absolute atomic E-state index is 12.5. The molecule has 0 unspecified atom stereocenters. The molecule has 0 saturated carbocycles. The van der Waals surface area contributed by atoms with E-state index in [0.717, 1.165) is 23.2 Å². The molecule has 2 rings (SSSR count). The zero-order valence-electron chi connectivity index (χ0n) is 9.72. The Balaban J connectivity index is 2.58. The van der Waals surface area contributed by atoms with Gasteiger partial charge in [0.05, 0.1) is 10.6 Å². The molecule has 102 valence electrons. The molecule has 0 spiro atoms. The Morgan fingerprint density at radius 1 is 1.16 bits per heavy atom. The van der Waals surface area contributed by atoms with E-state index in [9.17, 15) is 21.6 Å². The van der Waals surface area contributed by atoms with E-state index in [1.807, 2.05) is 0 Å². The van der Waals surface area contributed by atoms with Crippen molar-refractivity contribution in [1.82, 2.24) is 9.78 Å². The lowest BCUT2D eigenvalue weighted by atomic mass is 10.3. The number of rotatable bonds is 2.